The Bertz CT molecular complexity index is 1350. The summed E-state index contributed by atoms with van der Waals surface area (Å²) in [5.41, 5.74) is 4.35. The Labute approximate surface area is 241 Å². The van der Waals surface area contributed by atoms with E-state index in [4.69, 9.17) is 4.42 Å². The van der Waals surface area contributed by atoms with E-state index in [9.17, 15) is 14.7 Å². The lowest BCUT2D eigenvalue weighted by molar-refractivity contribution is -0.139. The average Bonchev–Trinajstić information content (AvgIpc) is 3.45. The Morgan fingerprint density at radius 3 is 2.55 bits per heavy atom. The zero-order chi connectivity index (χ0) is 28.5. The fourth-order valence-corrected chi connectivity index (χ4v) is 5.54. The molecule has 1 amide bonds. The lowest BCUT2D eigenvalue weighted by atomic mass is 9.89. The second-order valence-electron chi connectivity index (χ2n) is 10.4. The zero-order valence-corrected chi connectivity index (χ0v) is 24.2. The third-order valence-electron chi connectivity index (χ3n) is 7.37. The van der Waals surface area contributed by atoms with Crippen molar-refractivity contribution in [1.82, 2.24) is 10.2 Å². The molecule has 0 aliphatic heterocycles. The highest BCUT2D eigenvalue weighted by atomic mass is 32.2. The van der Waals surface area contributed by atoms with Gasteiger partial charge in [-0.25, -0.2) is 4.79 Å². The van der Waals surface area contributed by atoms with Gasteiger partial charge in [0.25, 0.3) is 5.91 Å². The van der Waals surface area contributed by atoms with Gasteiger partial charge in [-0.3, -0.25) is 9.69 Å². The standard InChI is InChI=1S/C33H38N2O4S/c1-23-9-4-6-11-26(23)21-35(22-27-12-8-17-39-27)20-25-14-15-29(30(19-25)28-13-7-5-10-24(28)2)32(36)34-31(33(37)38)16-18-40-3/h4-15,17,19,23,26,31H,16,18,20-22H2,1-3H3,(H,34,36)(H,37,38)/t23?,26?,31-/m0/s1. The van der Waals surface area contributed by atoms with Crippen molar-refractivity contribution in [3.8, 4) is 11.1 Å². The van der Waals surface area contributed by atoms with Crippen LogP contribution in [0.15, 0.2) is 89.6 Å². The van der Waals surface area contributed by atoms with E-state index in [-0.39, 0.29) is 5.91 Å². The molecule has 2 unspecified atom stereocenters. The molecule has 0 spiro atoms. The fourth-order valence-electron chi connectivity index (χ4n) is 5.07. The van der Waals surface area contributed by atoms with E-state index in [0.29, 0.717) is 42.7 Å². The Morgan fingerprint density at radius 2 is 1.85 bits per heavy atom. The molecule has 1 heterocycles. The Morgan fingerprint density at radius 1 is 1.05 bits per heavy atom. The molecule has 0 bridgehead atoms. The highest BCUT2D eigenvalue weighted by Gasteiger charge is 2.24. The largest absolute Gasteiger partial charge is 0.480 e. The van der Waals surface area contributed by atoms with Crippen LogP contribution in [0, 0.1) is 18.8 Å². The second kappa shape index (κ2) is 14.2. The van der Waals surface area contributed by atoms with E-state index >= 15 is 0 Å². The van der Waals surface area contributed by atoms with E-state index in [2.05, 4.69) is 47.5 Å². The lowest BCUT2D eigenvalue weighted by Gasteiger charge is -2.29. The number of amides is 1. The van der Waals surface area contributed by atoms with Crippen LogP contribution >= 0.6 is 11.8 Å². The number of furan rings is 1. The van der Waals surface area contributed by atoms with Crippen LogP contribution in [0.3, 0.4) is 0 Å². The van der Waals surface area contributed by atoms with Crippen LogP contribution in [0.5, 0.6) is 0 Å². The minimum Gasteiger partial charge on any atom is -0.480 e. The molecule has 2 N–H and O–H groups in total. The average molecular weight is 559 g/mol. The monoisotopic (exact) mass is 558 g/mol. The molecule has 1 aliphatic carbocycles. The molecule has 0 saturated heterocycles. The summed E-state index contributed by atoms with van der Waals surface area (Å²) < 4.78 is 5.69. The molecule has 2 aromatic carbocycles. The molecule has 6 nitrogen and oxygen atoms in total. The van der Waals surface area contributed by atoms with Crippen molar-refractivity contribution in [3.63, 3.8) is 0 Å². The fraction of sp³-hybridized carbons (Fsp3) is 0.333. The molecule has 210 valence electrons. The first-order valence-corrected chi connectivity index (χ1v) is 15.1. The Balaban J connectivity index is 1.65. The Kier molecular flexibility index (Phi) is 10.4. The predicted octanol–water partition coefficient (Wildman–Crippen LogP) is 6.57. The molecule has 1 aromatic heterocycles. The van der Waals surface area contributed by atoms with Crippen LogP contribution in [-0.2, 0) is 17.9 Å². The van der Waals surface area contributed by atoms with Crippen LogP contribution < -0.4 is 5.32 Å². The second-order valence-corrected chi connectivity index (χ2v) is 11.4. The van der Waals surface area contributed by atoms with Crippen LogP contribution in [-0.4, -0.2) is 46.5 Å². The maximum atomic E-state index is 13.5. The number of rotatable bonds is 13. The van der Waals surface area contributed by atoms with Gasteiger partial charge in [0.1, 0.15) is 11.8 Å². The van der Waals surface area contributed by atoms with Crippen LogP contribution in [0.4, 0.5) is 0 Å². The van der Waals surface area contributed by atoms with E-state index in [1.54, 1.807) is 18.0 Å². The van der Waals surface area contributed by atoms with Gasteiger partial charge in [-0.15, -0.1) is 0 Å². The number of hydrogen-bond acceptors (Lipinski definition) is 5. The van der Waals surface area contributed by atoms with Gasteiger partial charge < -0.3 is 14.8 Å². The number of benzene rings is 2. The summed E-state index contributed by atoms with van der Waals surface area (Å²) in [6.07, 6.45) is 12.7. The number of carboxylic acids is 1. The van der Waals surface area contributed by atoms with Crippen molar-refractivity contribution in [1.29, 1.82) is 0 Å². The molecule has 4 rings (SSSR count). The number of thioether (sulfide) groups is 1. The van der Waals surface area contributed by atoms with Crippen molar-refractivity contribution >= 4 is 23.6 Å². The minimum absolute atomic E-state index is 0.366. The first-order valence-electron chi connectivity index (χ1n) is 13.7. The normalized spacial score (nSPS) is 17.2. The molecule has 3 aromatic rings. The molecule has 7 heteroatoms. The summed E-state index contributed by atoms with van der Waals surface area (Å²) >= 11 is 1.56. The number of allylic oxidation sites excluding steroid dienone is 3. The number of aryl methyl sites for hydroxylation is 1. The number of carbonyl (C=O) groups is 2. The van der Waals surface area contributed by atoms with Gasteiger partial charge in [-0.2, -0.15) is 11.8 Å². The molecule has 0 fully saturated rings. The van der Waals surface area contributed by atoms with Crippen molar-refractivity contribution in [3.05, 3.63) is 108 Å². The number of nitrogens with zero attached hydrogens (tertiary/aromatic N) is 1. The maximum Gasteiger partial charge on any atom is 0.326 e. The van der Waals surface area contributed by atoms with Gasteiger partial charge in [-0.1, -0.05) is 61.6 Å². The number of nitrogens with one attached hydrogen (secondary N) is 1. The first kappa shape index (κ1) is 29.4. The van der Waals surface area contributed by atoms with E-state index in [1.165, 1.54) is 0 Å². The van der Waals surface area contributed by atoms with E-state index in [0.717, 1.165) is 34.6 Å². The van der Waals surface area contributed by atoms with Gasteiger partial charge in [-0.05, 0) is 83.7 Å². The van der Waals surface area contributed by atoms with Crippen LogP contribution in [0.25, 0.3) is 11.1 Å². The smallest absolute Gasteiger partial charge is 0.326 e. The molecule has 0 radical (unpaired) electrons. The SMILES string of the molecule is CSCC[C@H](NC(=O)c1ccc(CN(Cc2ccco2)CC2C=CC=CC2C)cc1-c1ccccc1C)C(=O)O. The van der Waals surface area contributed by atoms with Crippen molar-refractivity contribution in [2.45, 2.75) is 39.4 Å². The van der Waals surface area contributed by atoms with E-state index < -0.39 is 12.0 Å². The number of carboxylic acid groups (broad SMARTS) is 1. The topological polar surface area (TPSA) is 82.8 Å². The van der Waals surface area contributed by atoms with Crippen molar-refractivity contribution in [2.24, 2.45) is 11.8 Å². The van der Waals surface area contributed by atoms with Gasteiger partial charge in [0, 0.05) is 18.7 Å². The quantitative estimate of drug-likeness (QED) is 0.247. The molecular formula is C33H38N2O4S. The third-order valence-corrected chi connectivity index (χ3v) is 8.02. The molecule has 1 aliphatic rings. The summed E-state index contributed by atoms with van der Waals surface area (Å²) in [4.78, 5) is 27.7. The highest BCUT2D eigenvalue weighted by Crippen LogP contribution is 2.30. The summed E-state index contributed by atoms with van der Waals surface area (Å²) in [5, 5.41) is 12.4. The first-order chi connectivity index (χ1) is 19.4. The van der Waals surface area contributed by atoms with Crippen molar-refractivity contribution in [2.75, 3.05) is 18.6 Å². The van der Waals surface area contributed by atoms with E-state index in [1.807, 2.05) is 61.7 Å². The van der Waals surface area contributed by atoms with Crippen LogP contribution in [0.2, 0.25) is 0 Å². The predicted molar refractivity (Wildman–Crippen MR) is 162 cm³/mol. The van der Waals surface area contributed by atoms with Crippen LogP contribution in [0.1, 0.15) is 40.6 Å². The number of hydrogen-bond donors (Lipinski definition) is 2. The molecule has 40 heavy (non-hydrogen) atoms. The summed E-state index contributed by atoms with van der Waals surface area (Å²) in [6.45, 7) is 6.47. The van der Waals surface area contributed by atoms with Crippen molar-refractivity contribution < 1.29 is 19.1 Å². The summed E-state index contributed by atoms with van der Waals surface area (Å²) in [5.74, 6) is 0.977. The highest BCUT2D eigenvalue weighted by molar-refractivity contribution is 7.98. The minimum atomic E-state index is -1.02. The molecule has 3 atom stereocenters. The van der Waals surface area contributed by atoms with Gasteiger partial charge in [0.2, 0.25) is 0 Å². The third kappa shape index (κ3) is 7.77. The van der Waals surface area contributed by atoms with Gasteiger partial charge >= 0.3 is 5.97 Å². The van der Waals surface area contributed by atoms with Gasteiger partial charge in [0.15, 0.2) is 0 Å². The molecule has 0 saturated carbocycles. The number of carbonyl (C=O) groups excluding carboxylic acids is 1. The molecular weight excluding hydrogens is 520 g/mol. The lowest BCUT2D eigenvalue weighted by Crippen LogP contribution is -2.41. The summed E-state index contributed by atoms with van der Waals surface area (Å²) in [6, 6.07) is 16.8. The Hall–Kier alpha value is -3.55. The zero-order valence-electron chi connectivity index (χ0n) is 23.4. The number of aliphatic carboxylic acids is 1. The summed E-state index contributed by atoms with van der Waals surface area (Å²) in [7, 11) is 0. The maximum absolute atomic E-state index is 13.5. The van der Waals surface area contributed by atoms with Gasteiger partial charge in [0.05, 0.1) is 12.8 Å².